The van der Waals surface area contributed by atoms with E-state index >= 15 is 0 Å². The van der Waals surface area contributed by atoms with Crippen LogP contribution in [-0.2, 0) is 83.0 Å². The van der Waals surface area contributed by atoms with Crippen molar-refractivity contribution in [1.29, 1.82) is 0 Å². The smallest absolute Gasteiger partial charge is 0.305 e. The van der Waals surface area contributed by atoms with Gasteiger partial charge in [0, 0.05) is 51.5 Å². The lowest BCUT2D eigenvalue weighted by atomic mass is 10.0. The Morgan fingerprint density at radius 1 is 0.713 bits per heavy atom. The minimum atomic E-state index is -2.11. The molecule has 1 fully saturated rings. The van der Waals surface area contributed by atoms with Gasteiger partial charge in [-0.15, -0.1) is 0 Å². The van der Waals surface area contributed by atoms with Crippen molar-refractivity contribution in [3.05, 3.63) is 18.2 Å². The number of aromatic nitrogens is 2. The summed E-state index contributed by atoms with van der Waals surface area (Å²) in [6.45, 7) is -0.116. The lowest BCUT2D eigenvalue weighted by Crippen LogP contribution is -2.61. The summed E-state index contributed by atoms with van der Waals surface area (Å²) in [6, 6.07) is -13.8. The molecule has 1 aromatic heterocycles. The topological polar surface area (TPSA) is 587 Å². The molecule has 1 aliphatic heterocycles. The van der Waals surface area contributed by atoms with Crippen molar-refractivity contribution < 1.29 is 91.9 Å². The van der Waals surface area contributed by atoms with Crippen LogP contribution in [-0.4, -0.2) is 252 Å². The fraction of sp³-hybridized carbons (Fsp3) is 0.633. The molecule has 2 rings (SSSR count). The Labute approximate surface area is 502 Å². The van der Waals surface area contributed by atoms with Gasteiger partial charge in [-0.25, -0.2) is 4.98 Å². The number of nitrogens with one attached hydrogen (secondary N) is 11. The van der Waals surface area contributed by atoms with Gasteiger partial charge in [0.2, 0.25) is 76.8 Å². The molecule has 1 aromatic rings. The van der Waals surface area contributed by atoms with Crippen molar-refractivity contribution in [2.45, 2.75) is 112 Å². The Hall–Kier alpha value is -8.59. The summed E-state index contributed by atoms with van der Waals surface area (Å²) in [4.78, 5) is 195. The molecule has 1 saturated heterocycles. The van der Waals surface area contributed by atoms with Crippen molar-refractivity contribution in [3.63, 3.8) is 0 Å². The number of rotatable bonds is 42. The number of aliphatic hydroxyl groups is 2. The van der Waals surface area contributed by atoms with E-state index in [1.807, 2.05) is 5.32 Å². The highest BCUT2D eigenvalue weighted by Crippen LogP contribution is 2.25. The van der Waals surface area contributed by atoms with Crippen LogP contribution in [0.25, 0.3) is 0 Å². The maximum Gasteiger partial charge on any atom is 0.305 e. The molecular weight excluding hydrogens is 1180 g/mol. The quantitative estimate of drug-likeness (QED) is 0.0125. The summed E-state index contributed by atoms with van der Waals surface area (Å²) in [5, 5.41) is 52.1. The Morgan fingerprint density at radius 2 is 1.25 bits per heavy atom. The van der Waals surface area contributed by atoms with Gasteiger partial charge in [0.1, 0.15) is 48.3 Å². The van der Waals surface area contributed by atoms with E-state index in [0.717, 1.165) is 16.7 Å². The van der Waals surface area contributed by atoms with Crippen LogP contribution in [0.2, 0.25) is 0 Å². The molecule has 0 spiro atoms. The van der Waals surface area contributed by atoms with Crippen LogP contribution in [0, 0.1) is 5.92 Å². The highest BCUT2D eigenvalue weighted by Gasteiger charge is 2.45. The van der Waals surface area contributed by atoms with Gasteiger partial charge in [0.05, 0.1) is 70.5 Å². The summed E-state index contributed by atoms with van der Waals surface area (Å²) >= 11 is 1.11. The number of likely N-dealkylation sites (tertiary alicyclic amines) is 1. The third-order valence-electron chi connectivity index (χ3n) is 12.3. The molecule has 0 radical (unpaired) electrons. The Balaban J connectivity index is 2.23. The number of aliphatic carboxylic acids is 1. The largest absolute Gasteiger partial charge is 0.481 e. The normalized spacial score (nSPS) is 15.6. The highest BCUT2D eigenvalue weighted by atomic mass is 32.2. The molecule has 37 nitrogen and oxygen atoms in total. The van der Waals surface area contributed by atoms with Crippen molar-refractivity contribution >= 4 is 100 Å². The fourth-order valence-electron chi connectivity index (χ4n) is 7.97. The number of thioether (sulfide) groups is 1. The predicted molar refractivity (Wildman–Crippen MR) is 304 cm³/mol. The van der Waals surface area contributed by atoms with E-state index in [-0.39, 0.29) is 70.3 Å². The van der Waals surface area contributed by atoms with Gasteiger partial charge < -0.3 is 106 Å². The molecule has 0 aromatic carbocycles. The molecule has 0 bridgehead atoms. The predicted octanol–water partition coefficient (Wildman–Crippen LogP) is -10.4. The number of methoxy groups -OCH3 is 1. The maximum absolute atomic E-state index is 13.8. The van der Waals surface area contributed by atoms with Gasteiger partial charge in [-0.05, 0) is 31.4 Å². The lowest BCUT2D eigenvalue weighted by molar-refractivity contribution is -0.147. The summed E-state index contributed by atoms with van der Waals surface area (Å²) in [7, 11) is 1.48. The Bertz CT molecular complexity index is 2580. The van der Waals surface area contributed by atoms with Crippen molar-refractivity contribution in [2.24, 2.45) is 33.8 Å². The van der Waals surface area contributed by atoms with Crippen LogP contribution < -0.4 is 76.1 Å². The van der Waals surface area contributed by atoms with E-state index < -0.39 is 182 Å². The third kappa shape index (κ3) is 27.1. The first-order chi connectivity index (χ1) is 41.2. The van der Waals surface area contributed by atoms with E-state index in [2.05, 4.69) is 62.8 Å². The van der Waals surface area contributed by atoms with E-state index in [0.29, 0.717) is 12.3 Å². The van der Waals surface area contributed by atoms with Crippen LogP contribution in [0.4, 0.5) is 0 Å². The average Bonchev–Trinajstić information content (AvgIpc) is 2.05. The monoisotopic (exact) mass is 1260 g/mol. The molecule has 486 valence electrons. The maximum atomic E-state index is 13.8. The molecule has 22 N–H and O–H groups in total. The standard InChI is InChI=1S/C49H80N18O19S/c1-24(2)12-27(64-47(83)33(17-50)67-38(73)16-34(87-4)48(67)84)43(79)65-31(21-68)41(77)58-20-37(72)60-26(6-5-7-56-49(52)53)42(78)66-32(22-69)46(82)63-30(15-39(74)75)45(81)62-29(14-35(51)70)44(80)61-28(13-25-18-54-23-59-25)40(76)57-19-36(71)55-8-9-86-11-10-85-3/h18,23-24,26-34,68-69H,5-17,19-22,50H2,1-4H3,(H2,51,70)(H,54,59)(H,55,71)(H,57,76)(H,58,77)(H,60,72)(H,61,80)(H,62,81)(H,63,82)(H,64,83)(H,65,79)(H,66,78)(H,74,75)(H4,52,53,56)/t26-,27-,28-,29-,30-,31-,32-,33-,34?/m0/s1. The van der Waals surface area contributed by atoms with Crippen LogP contribution in [0.15, 0.2) is 17.5 Å². The number of amides is 13. The zero-order chi connectivity index (χ0) is 65.3. The van der Waals surface area contributed by atoms with Crippen LogP contribution in [0.1, 0.15) is 58.1 Å². The lowest BCUT2D eigenvalue weighted by Gasteiger charge is -2.28. The van der Waals surface area contributed by atoms with Crippen molar-refractivity contribution in [3.8, 4) is 0 Å². The number of hydrogen-bond acceptors (Lipinski definition) is 22. The number of aliphatic hydroxyl groups excluding tert-OH is 2. The summed E-state index contributed by atoms with van der Waals surface area (Å²) in [5.41, 5.74) is 22.3. The van der Waals surface area contributed by atoms with Crippen LogP contribution in [0.5, 0.6) is 0 Å². The number of nitrogens with two attached hydrogens (primary N) is 4. The van der Waals surface area contributed by atoms with E-state index in [9.17, 15) is 82.4 Å². The molecule has 38 heteroatoms. The minimum Gasteiger partial charge on any atom is -0.481 e. The number of H-pyrrole nitrogens is 1. The molecule has 0 aliphatic carbocycles. The second-order valence-corrected chi connectivity index (χ2v) is 20.7. The SMILES string of the molecule is COCCOCCNC(=O)CNC(=O)[C@H](Cc1cnc[nH]1)NC(=O)[C@H](CC(N)=O)NC(=O)[C@H](CC(=O)O)NC(=O)[C@H](CO)NC(=O)[C@H](CCCN=C(N)N)NC(=O)CNC(=O)[C@H](CO)NC(=O)[C@H](CC(C)C)NC(=O)[C@H](CN)N1C(=O)CC(SC)C1=O. The van der Waals surface area contributed by atoms with E-state index in [1.54, 1.807) is 20.1 Å². The van der Waals surface area contributed by atoms with Gasteiger partial charge >= 0.3 is 5.97 Å². The van der Waals surface area contributed by atoms with E-state index in [1.165, 1.54) is 19.6 Å². The third-order valence-corrected chi connectivity index (χ3v) is 13.3. The summed E-state index contributed by atoms with van der Waals surface area (Å²) < 4.78 is 10.1. The van der Waals surface area contributed by atoms with Crippen molar-refractivity contribution in [2.75, 3.05) is 79.1 Å². The number of primary amides is 1. The van der Waals surface area contributed by atoms with Gasteiger partial charge in [0.25, 0.3) is 0 Å². The first-order valence-electron chi connectivity index (χ1n) is 27.0. The number of carboxylic acids is 1. The number of imidazole rings is 1. The number of imide groups is 1. The zero-order valence-electron chi connectivity index (χ0n) is 48.4. The molecule has 87 heavy (non-hydrogen) atoms. The number of nitrogens with zero attached hydrogens (tertiary/aromatic N) is 3. The molecule has 1 unspecified atom stereocenters. The number of aromatic amines is 1. The molecule has 1 aliphatic rings. The van der Waals surface area contributed by atoms with Gasteiger partial charge in [0.15, 0.2) is 5.96 Å². The highest BCUT2D eigenvalue weighted by molar-refractivity contribution is 8.00. The number of ether oxygens (including phenoxy) is 2. The van der Waals surface area contributed by atoms with Gasteiger partial charge in [-0.1, -0.05) is 13.8 Å². The summed E-state index contributed by atoms with van der Waals surface area (Å²) in [6.07, 6.45) is 1.25. The molecule has 9 atom stereocenters. The molecular formula is C49H80N18O19S. The number of carbonyl (C=O) groups is 14. The zero-order valence-corrected chi connectivity index (χ0v) is 49.2. The first kappa shape index (κ1) is 74.5. The minimum absolute atomic E-state index is 0.0283. The number of carbonyl (C=O) groups excluding carboxylic acids is 13. The Morgan fingerprint density at radius 3 is 1.78 bits per heavy atom. The molecule has 13 amide bonds. The second-order valence-electron chi connectivity index (χ2n) is 19.7. The average molecular weight is 1260 g/mol. The summed E-state index contributed by atoms with van der Waals surface area (Å²) in [5.74, 6) is -15.6. The number of aliphatic imine (C=N–C) groups is 1. The molecule has 2 heterocycles. The molecule has 0 saturated carbocycles. The fourth-order valence-corrected chi connectivity index (χ4v) is 8.60. The second kappa shape index (κ2) is 39.2. The van der Waals surface area contributed by atoms with Gasteiger partial charge in [-0.2, -0.15) is 11.8 Å². The number of guanidine groups is 1. The van der Waals surface area contributed by atoms with E-state index in [4.69, 9.17) is 32.4 Å². The van der Waals surface area contributed by atoms with Crippen LogP contribution in [0.3, 0.4) is 0 Å². The van der Waals surface area contributed by atoms with Crippen LogP contribution >= 0.6 is 11.8 Å². The number of hydrogen-bond donors (Lipinski definition) is 18. The van der Waals surface area contributed by atoms with Crippen molar-refractivity contribution in [1.82, 2.24) is 68.0 Å². The Kier molecular flexibility index (Phi) is 33.6. The first-order valence-corrected chi connectivity index (χ1v) is 28.3. The van der Waals surface area contributed by atoms with Gasteiger partial charge in [-0.3, -0.25) is 77.0 Å². The number of carboxylic acid groups (broad SMARTS) is 1.